The lowest BCUT2D eigenvalue weighted by molar-refractivity contribution is -0.147. The summed E-state index contributed by atoms with van der Waals surface area (Å²) in [6.07, 6.45) is -0.988. The van der Waals surface area contributed by atoms with Gasteiger partial charge in [0.2, 0.25) is 5.91 Å². The minimum Gasteiger partial charge on any atom is -0.480 e. The number of benzene rings is 3. The van der Waals surface area contributed by atoms with E-state index in [4.69, 9.17) is 9.47 Å². The molecule has 0 bridgehead atoms. The number of carbonyl (C=O) groups excluding carboxylic acids is 2. The fourth-order valence-corrected chi connectivity index (χ4v) is 4.83. The van der Waals surface area contributed by atoms with Crippen molar-refractivity contribution in [3.8, 4) is 11.1 Å². The molecule has 0 fully saturated rings. The van der Waals surface area contributed by atoms with Gasteiger partial charge in [-0.05, 0) is 41.2 Å². The van der Waals surface area contributed by atoms with Crippen molar-refractivity contribution < 1.29 is 29.0 Å². The fraction of sp³-hybridized carbons (Fsp3) is 0.323. The fourth-order valence-electron chi connectivity index (χ4n) is 4.83. The van der Waals surface area contributed by atoms with Crippen molar-refractivity contribution in [2.75, 3.05) is 13.2 Å². The number of alkyl carbamates (subject to hydrolysis) is 1. The molecule has 0 saturated heterocycles. The number of ether oxygens (including phenoxy) is 2. The molecule has 3 N–H and O–H groups in total. The van der Waals surface area contributed by atoms with Crippen LogP contribution in [0.15, 0.2) is 78.9 Å². The summed E-state index contributed by atoms with van der Waals surface area (Å²) in [5, 5.41) is 14.9. The number of carboxylic acids is 1. The van der Waals surface area contributed by atoms with Crippen LogP contribution in [0.3, 0.4) is 0 Å². The number of nitrogens with one attached hydrogen (secondary N) is 2. The third kappa shape index (κ3) is 6.83. The first-order valence-corrected chi connectivity index (χ1v) is 13.2. The van der Waals surface area contributed by atoms with Crippen LogP contribution in [0, 0.1) is 5.92 Å². The van der Waals surface area contributed by atoms with Crippen LogP contribution < -0.4 is 10.6 Å². The normalized spacial score (nSPS) is 14.4. The van der Waals surface area contributed by atoms with Crippen molar-refractivity contribution in [3.63, 3.8) is 0 Å². The molecule has 2 amide bonds. The maximum Gasteiger partial charge on any atom is 0.407 e. The van der Waals surface area contributed by atoms with Crippen molar-refractivity contribution in [1.82, 2.24) is 10.6 Å². The van der Waals surface area contributed by atoms with E-state index in [9.17, 15) is 19.5 Å². The average Bonchev–Trinajstić information content (AvgIpc) is 3.27. The number of rotatable bonds is 12. The zero-order valence-corrected chi connectivity index (χ0v) is 22.1. The van der Waals surface area contributed by atoms with Crippen LogP contribution in [0.1, 0.15) is 42.9 Å². The topological polar surface area (TPSA) is 114 Å². The highest BCUT2D eigenvalue weighted by atomic mass is 16.5. The van der Waals surface area contributed by atoms with Crippen molar-refractivity contribution >= 4 is 18.0 Å². The Morgan fingerprint density at radius 2 is 1.49 bits per heavy atom. The second-order valence-corrected chi connectivity index (χ2v) is 9.64. The lowest BCUT2D eigenvalue weighted by Gasteiger charge is -2.24. The molecule has 3 aromatic carbocycles. The van der Waals surface area contributed by atoms with E-state index in [0.717, 1.165) is 27.8 Å². The minimum atomic E-state index is -1.23. The van der Waals surface area contributed by atoms with Crippen molar-refractivity contribution in [2.24, 2.45) is 5.92 Å². The van der Waals surface area contributed by atoms with Crippen LogP contribution >= 0.6 is 0 Å². The van der Waals surface area contributed by atoms with Crippen LogP contribution in [-0.4, -0.2) is 48.4 Å². The van der Waals surface area contributed by atoms with Gasteiger partial charge in [0.25, 0.3) is 0 Å². The van der Waals surface area contributed by atoms with Gasteiger partial charge < -0.3 is 25.2 Å². The predicted molar refractivity (Wildman–Crippen MR) is 147 cm³/mol. The van der Waals surface area contributed by atoms with Crippen LogP contribution in [0.25, 0.3) is 11.1 Å². The standard InChI is InChI=1S/C31H34N2O6/c1-3-22(29(34)33-28(30(35)36)20(2)38-18-21-11-5-4-6-12-21)17-32-31(37)39-19-27-25-15-9-7-13-23(25)24-14-8-10-16-26(24)27/h4-16,20,22,27-28H,3,17-19H2,1-2H3,(H,32,37)(H,33,34)(H,35,36)/t20-,22?,28+/m0/s1. The summed E-state index contributed by atoms with van der Waals surface area (Å²) in [7, 11) is 0. The molecule has 0 aliphatic heterocycles. The molecule has 3 atom stereocenters. The van der Waals surface area contributed by atoms with E-state index in [1.807, 2.05) is 66.7 Å². The molecule has 204 valence electrons. The molecule has 0 spiro atoms. The highest BCUT2D eigenvalue weighted by molar-refractivity contribution is 5.86. The van der Waals surface area contributed by atoms with Crippen molar-refractivity contribution in [1.29, 1.82) is 0 Å². The smallest absolute Gasteiger partial charge is 0.407 e. The Bertz CT molecular complexity index is 1250. The lowest BCUT2D eigenvalue weighted by atomic mass is 9.98. The van der Waals surface area contributed by atoms with E-state index < -0.39 is 36.0 Å². The molecule has 4 rings (SSSR count). The number of fused-ring (bicyclic) bond motifs is 3. The lowest BCUT2D eigenvalue weighted by Crippen LogP contribution is -2.51. The monoisotopic (exact) mass is 530 g/mol. The van der Waals surface area contributed by atoms with Gasteiger partial charge >= 0.3 is 12.1 Å². The highest BCUT2D eigenvalue weighted by Gasteiger charge is 2.31. The summed E-state index contributed by atoms with van der Waals surface area (Å²) in [4.78, 5) is 37.3. The Kier molecular flexibility index (Phi) is 9.33. The first-order valence-electron chi connectivity index (χ1n) is 13.2. The van der Waals surface area contributed by atoms with Crippen LogP contribution in [-0.2, 0) is 25.7 Å². The zero-order chi connectivity index (χ0) is 27.8. The van der Waals surface area contributed by atoms with Crippen LogP contribution in [0.5, 0.6) is 0 Å². The first-order chi connectivity index (χ1) is 18.9. The third-order valence-electron chi connectivity index (χ3n) is 7.09. The molecule has 0 heterocycles. The van der Waals surface area contributed by atoms with E-state index in [0.29, 0.717) is 6.42 Å². The Morgan fingerprint density at radius 1 is 0.897 bits per heavy atom. The molecule has 8 nitrogen and oxygen atoms in total. The van der Waals surface area contributed by atoms with Crippen molar-refractivity contribution in [2.45, 2.75) is 44.9 Å². The van der Waals surface area contributed by atoms with Gasteiger partial charge in [0.05, 0.1) is 18.6 Å². The molecule has 8 heteroatoms. The van der Waals surface area contributed by atoms with Crippen LogP contribution in [0.4, 0.5) is 4.79 Å². The van der Waals surface area contributed by atoms with Gasteiger partial charge in [-0.15, -0.1) is 0 Å². The highest BCUT2D eigenvalue weighted by Crippen LogP contribution is 2.44. The summed E-state index contributed by atoms with van der Waals surface area (Å²) in [6.45, 7) is 3.82. The summed E-state index contributed by atoms with van der Waals surface area (Å²) in [5.74, 6) is -2.36. The van der Waals surface area contributed by atoms with Gasteiger partial charge in [-0.1, -0.05) is 85.8 Å². The van der Waals surface area contributed by atoms with Crippen molar-refractivity contribution in [3.05, 3.63) is 95.6 Å². The Balaban J connectivity index is 1.28. The molecule has 0 radical (unpaired) electrons. The number of aliphatic carboxylic acids is 1. The number of carboxylic acid groups (broad SMARTS) is 1. The number of carbonyl (C=O) groups is 3. The molecule has 0 aromatic heterocycles. The molecule has 39 heavy (non-hydrogen) atoms. The van der Waals surface area contributed by atoms with Gasteiger partial charge in [-0.2, -0.15) is 0 Å². The molecule has 1 aliphatic rings. The molecular formula is C31H34N2O6. The van der Waals surface area contributed by atoms with Gasteiger partial charge in [-0.25, -0.2) is 9.59 Å². The molecule has 3 aromatic rings. The number of hydrogen-bond donors (Lipinski definition) is 3. The summed E-state index contributed by atoms with van der Waals surface area (Å²) in [5.41, 5.74) is 5.40. The predicted octanol–water partition coefficient (Wildman–Crippen LogP) is 4.73. The van der Waals surface area contributed by atoms with E-state index in [1.54, 1.807) is 13.8 Å². The molecule has 0 saturated carbocycles. The molecule has 1 aliphatic carbocycles. The first kappa shape index (κ1) is 27.9. The Morgan fingerprint density at radius 3 is 2.08 bits per heavy atom. The molecule has 1 unspecified atom stereocenters. The van der Waals surface area contributed by atoms with E-state index in [-0.39, 0.29) is 25.7 Å². The van der Waals surface area contributed by atoms with E-state index in [2.05, 4.69) is 22.8 Å². The SMILES string of the molecule is CCC(CNC(=O)OCC1c2ccccc2-c2ccccc21)C(=O)N[C@@H](C(=O)O)[C@H](C)OCc1ccccc1. The van der Waals surface area contributed by atoms with Gasteiger partial charge in [0.1, 0.15) is 6.61 Å². The van der Waals surface area contributed by atoms with E-state index >= 15 is 0 Å². The average molecular weight is 531 g/mol. The largest absolute Gasteiger partial charge is 0.480 e. The Labute approximate surface area is 228 Å². The van der Waals surface area contributed by atoms with Gasteiger partial charge in [0.15, 0.2) is 6.04 Å². The maximum absolute atomic E-state index is 12.9. The second kappa shape index (κ2) is 13.1. The third-order valence-corrected chi connectivity index (χ3v) is 7.09. The summed E-state index contributed by atoms with van der Waals surface area (Å²) >= 11 is 0. The number of amides is 2. The second-order valence-electron chi connectivity index (χ2n) is 9.64. The van der Waals surface area contributed by atoms with Crippen LogP contribution in [0.2, 0.25) is 0 Å². The van der Waals surface area contributed by atoms with Gasteiger partial charge in [-0.3, -0.25) is 4.79 Å². The Hall–Kier alpha value is -4.17. The zero-order valence-electron chi connectivity index (χ0n) is 22.1. The molecular weight excluding hydrogens is 496 g/mol. The summed E-state index contributed by atoms with van der Waals surface area (Å²) in [6, 6.07) is 24.3. The summed E-state index contributed by atoms with van der Waals surface area (Å²) < 4.78 is 11.3. The van der Waals surface area contributed by atoms with E-state index in [1.165, 1.54) is 0 Å². The number of hydrogen-bond acceptors (Lipinski definition) is 5. The maximum atomic E-state index is 12.9. The minimum absolute atomic E-state index is 0.0185. The quantitative estimate of drug-likeness (QED) is 0.312. The van der Waals surface area contributed by atoms with Gasteiger partial charge in [0, 0.05) is 12.5 Å².